The SMILES string of the molecule is CC(C)NCc1coc(N2CCCC(C)(C)CC2)n1. The number of aromatic nitrogens is 1. The Hall–Kier alpha value is -1.03. The van der Waals surface area contributed by atoms with Gasteiger partial charge in [-0.1, -0.05) is 27.7 Å². The number of anilines is 1. The fourth-order valence-electron chi connectivity index (χ4n) is 2.45. The summed E-state index contributed by atoms with van der Waals surface area (Å²) in [6, 6.07) is 1.26. The van der Waals surface area contributed by atoms with E-state index < -0.39 is 0 Å². The van der Waals surface area contributed by atoms with E-state index in [0.29, 0.717) is 11.5 Å². The van der Waals surface area contributed by atoms with Crippen LogP contribution < -0.4 is 10.2 Å². The van der Waals surface area contributed by atoms with Crippen molar-refractivity contribution < 1.29 is 4.42 Å². The minimum Gasteiger partial charge on any atom is -0.432 e. The summed E-state index contributed by atoms with van der Waals surface area (Å²) in [5.41, 5.74) is 1.44. The minimum atomic E-state index is 0.448. The molecule has 4 heteroatoms. The Morgan fingerprint density at radius 1 is 1.37 bits per heavy atom. The highest BCUT2D eigenvalue weighted by atomic mass is 16.4. The van der Waals surface area contributed by atoms with Crippen LogP contribution in [0.25, 0.3) is 0 Å². The van der Waals surface area contributed by atoms with Gasteiger partial charge in [0.2, 0.25) is 0 Å². The third kappa shape index (κ3) is 4.23. The molecule has 1 aromatic rings. The molecule has 0 aliphatic carbocycles. The maximum Gasteiger partial charge on any atom is 0.297 e. The monoisotopic (exact) mass is 265 g/mol. The Labute approximate surface area is 116 Å². The van der Waals surface area contributed by atoms with E-state index in [9.17, 15) is 0 Å². The van der Waals surface area contributed by atoms with Crippen LogP contribution in [0.5, 0.6) is 0 Å². The molecule has 2 heterocycles. The van der Waals surface area contributed by atoms with E-state index in [-0.39, 0.29) is 0 Å². The predicted molar refractivity (Wildman–Crippen MR) is 78.3 cm³/mol. The van der Waals surface area contributed by atoms with Gasteiger partial charge >= 0.3 is 0 Å². The second-order valence-corrected chi connectivity index (χ2v) is 6.66. The molecule has 0 radical (unpaired) electrons. The normalized spacial score (nSPS) is 19.7. The van der Waals surface area contributed by atoms with Gasteiger partial charge in [0.1, 0.15) is 6.26 Å². The summed E-state index contributed by atoms with van der Waals surface area (Å²) >= 11 is 0. The van der Waals surface area contributed by atoms with E-state index >= 15 is 0 Å². The Kier molecular flexibility index (Phi) is 4.50. The van der Waals surface area contributed by atoms with Gasteiger partial charge in [-0.2, -0.15) is 4.98 Å². The fraction of sp³-hybridized carbons (Fsp3) is 0.800. The quantitative estimate of drug-likeness (QED) is 0.907. The highest BCUT2D eigenvalue weighted by Gasteiger charge is 2.24. The van der Waals surface area contributed by atoms with Crippen LogP contribution in [-0.2, 0) is 6.54 Å². The third-order valence-corrected chi connectivity index (χ3v) is 3.84. The molecule has 0 bridgehead atoms. The lowest BCUT2D eigenvalue weighted by Gasteiger charge is -2.22. The van der Waals surface area contributed by atoms with E-state index in [4.69, 9.17) is 4.42 Å². The smallest absolute Gasteiger partial charge is 0.297 e. The summed E-state index contributed by atoms with van der Waals surface area (Å²) in [5.74, 6) is 0. The summed E-state index contributed by atoms with van der Waals surface area (Å²) in [4.78, 5) is 6.88. The van der Waals surface area contributed by atoms with Crippen molar-refractivity contribution in [1.82, 2.24) is 10.3 Å². The average molecular weight is 265 g/mol. The molecule has 1 fully saturated rings. The molecule has 1 aliphatic heterocycles. The van der Waals surface area contributed by atoms with E-state index in [1.54, 1.807) is 6.26 Å². The predicted octanol–water partition coefficient (Wildman–Crippen LogP) is 3.19. The van der Waals surface area contributed by atoms with Crippen LogP contribution >= 0.6 is 0 Å². The molecule has 0 saturated carbocycles. The molecule has 0 unspecified atom stereocenters. The molecular formula is C15H27N3O. The largest absolute Gasteiger partial charge is 0.432 e. The summed E-state index contributed by atoms with van der Waals surface area (Å²) in [6.45, 7) is 11.9. The van der Waals surface area contributed by atoms with Crippen LogP contribution in [0.15, 0.2) is 10.7 Å². The first-order valence-electron chi connectivity index (χ1n) is 7.39. The average Bonchev–Trinajstić information content (AvgIpc) is 2.72. The number of oxazole rings is 1. The lowest BCUT2D eigenvalue weighted by atomic mass is 9.85. The fourth-order valence-corrected chi connectivity index (χ4v) is 2.45. The van der Waals surface area contributed by atoms with E-state index in [1.807, 2.05) is 0 Å². The first-order chi connectivity index (χ1) is 8.96. The summed E-state index contributed by atoms with van der Waals surface area (Å²) in [6.07, 6.45) is 5.48. The molecule has 2 rings (SSSR count). The Bertz CT molecular complexity index is 398. The Morgan fingerprint density at radius 3 is 2.89 bits per heavy atom. The first kappa shape index (κ1) is 14.4. The van der Waals surface area contributed by atoms with Gasteiger partial charge in [-0.25, -0.2) is 0 Å². The molecular weight excluding hydrogens is 238 g/mol. The van der Waals surface area contributed by atoms with Crippen LogP contribution in [0, 0.1) is 5.41 Å². The van der Waals surface area contributed by atoms with E-state index in [2.05, 4.69) is 42.9 Å². The van der Waals surface area contributed by atoms with Crippen molar-refractivity contribution >= 4 is 6.01 Å². The molecule has 0 spiro atoms. The maximum atomic E-state index is 5.63. The highest BCUT2D eigenvalue weighted by Crippen LogP contribution is 2.31. The number of hydrogen-bond donors (Lipinski definition) is 1. The molecule has 1 aromatic heterocycles. The third-order valence-electron chi connectivity index (χ3n) is 3.84. The molecule has 0 aromatic carbocycles. The second kappa shape index (κ2) is 5.95. The van der Waals surface area contributed by atoms with Crippen LogP contribution in [0.1, 0.15) is 52.7 Å². The molecule has 1 saturated heterocycles. The summed E-state index contributed by atoms with van der Waals surface area (Å²) < 4.78 is 5.63. The molecule has 108 valence electrons. The van der Waals surface area contributed by atoms with Gasteiger partial charge in [0.05, 0.1) is 5.69 Å². The van der Waals surface area contributed by atoms with Crippen molar-refractivity contribution in [3.05, 3.63) is 12.0 Å². The van der Waals surface area contributed by atoms with Crippen molar-refractivity contribution in [2.24, 2.45) is 5.41 Å². The van der Waals surface area contributed by atoms with Crippen molar-refractivity contribution in [2.75, 3.05) is 18.0 Å². The van der Waals surface area contributed by atoms with E-state index in [0.717, 1.165) is 31.3 Å². The van der Waals surface area contributed by atoms with Crippen LogP contribution in [0.4, 0.5) is 6.01 Å². The zero-order chi connectivity index (χ0) is 13.9. The minimum absolute atomic E-state index is 0.448. The second-order valence-electron chi connectivity index (χ2n) is 6.66. The van der Waals surface area contributed by atoms with Gasteiger partial charge in [0, 0.05) is 25.7 Å². The van der Waals surface area contributed by atoms with Gasteiger partial charge < -0.3 is 14.6 Å². The van der Waals surface area contributed by atoms with Crippen LogP contribution in [-0.4, -0.2) is 24.1 Å². The van der Waals surface area contributed by atoms with Gasteiger partial charge in [0.15, 0.2) is 0 Å². The molecule has 0 amide bonds. The molecule has 19 heavy (non-hydrogen) atoms. The van der Waals surface area contributed by atoms with Crippen LogP contribution in [0.2, 0.25) is 0 Å². The molecule has 0 atom stereocenters. The van der Waals surface area contributed by atoms with Crippen LogP contribution in [0.3, 0.4) is 0 Å². The summed E-state index contributed by atoms with van der Waals surface area (Å²) in [7, 11) is 0. The first-order valence-corrected chi connectivity index (χ1v) is 7.39. The van der Waals surface area contributed by atoms with Gasteiger partial charge in [-0.3, -0.25) is 0 Å². The van der Waals surface area contributed by atoms with Crippen molar-refractivity contribution in [3.63, 3.8) is 0 Å². The van der Waals surface area contributed by atoms with Gasteiger partial charge in [0.25, 0.3) is 6.01 Å². The van der Waals surface area contributed by atoms with Crippen molar-refractivity contribution in [3.8, 4) is 0 Å². The zero-order valence-corrected chi connectivity index (χ0v) is 12.7. The summed E-state index contributed by atoms with van der Waals surface area (Å²) in [5, 5.41) is 3.36. The number of hydrogen-bond acceptors (Lipinski definition) is 4. The van der Waals surface area contributed by atoms with Gasteiger partial charge in [-0.15, -0.1) is 0 Å². The number of rotatable bonds is 4. The molecule has 4 nitrogen and oxygen atoms in total. The lowest BCUT2D eigenvalue weighted by molar-refractivity contribution is 0.324. The van der Waals surface area contributed by atoms with Gasteiger partial charge in [-0.05, 0) is 24.7 Å². The molecule has 1 aliphatic rings. The zero-order valence-electron chi connectivity index (χ0n) is 12.7. The van der Waals surface area contributed by atoms with E-state index in [1.165, 1.54) is 19.3 Å². The lowest BCUT2D eigenvalue weighted by Crippen LogP contribution is -2.25. The Balaban J connectivity index is 1.94. The van der Waals surface area contributed by atoms with Crippen molar-refractivity contribution in [1.29, 1.82) is 0 Å². The van der Waals surface area contributed by atoms with Crippen molar-refractivity contribution in [2.45, 2.75) is 59.5 Å². The standard InChI is InChI=1S/C15H27N3O/c1-12(2)16-10-13-11-19-14(17-13)18-8-5-6-15(3,4)7-9-18/h11-12,16H,5-10H2,1-4H3. The Morgan fingerprint density at radius 2 is 2.16 bits per heavy atom. The topological polar surface area (TPSA) is 41.3 Å². The maximum absolute atomic E-state index is 5.63. The highest BCUT2D eigenvalue weighted by molar-refractivity contribution is 5.27. The number of nitrogens with one attached hydrogen (secondary N) is 1. The number of nitrogens with zero attached hydrogens (tertiary/aromatic N) is 2. The molecule has 1 N–H and O–H groups in total.